The van der Waals surface area contributed by atoms with Gasteiger partial charge in [-0.25, -0.2) is 9.78 Å². The molecule has 1 saturated carbocycles. The number of esters is 1. The molecule has 1 aliphatic carbocycles. The molecule has 0 amide bonds. The number of pyridine rings is 1. The quantitative estimate of drug-likeness (QED) is 0.842. The van der Waals surface area contributed by atoms with E-state index in [9.17, 15) is 9.90 Å². The van der Waals surface area contributed by atoms with Crippen LogP contribution in [-0.4, -0.2) is 35.8 Å². The first-order chi connectivity index (χ1) is 12.1. The molecule has 2 aromatic heterocycles. The number of hydrogen-bond donors (Lipinski definition) is 1. The monoisotopic (exact) mass is 342 g/mol. The van der Waals surface area contributed by atoms with Crippen molar-refractivity contribution in [2.24, 2.45) is 11.8 Å². The largest absolute Gasteiger partial charge is 0.465 e. The number of rotatable bonds is 5. The van der Waals surface area contributed by atoms with Gasteiger partial charge in [-0.15, -0.1) is 0 Å². The number of aliphatic hydroxyl groups excluding tert-OH is 1. The van der Waals surface area contributed by atoms with Gasteiger partial charge in [-0.2, -0.15) is 0 Å². The minimum atomic E-state index is -0.961. The molecular formula is C19H22N2O4. The van der Waals surface area contributed by atoms with Crippen molar-refractivity contribution in [1.29, 1.82) is 0 Å². The van der Waals surface area contributed by atoms with Crippen molar-refractivity contribution in [3.8, 4) is 0 Å². The first-order valence-corrected chi connectivity index (χ1v) is 8.73. The molecule has 2 aliphatic rings. The van der Waals surface area contributed by atoms with E-state index in [0.717, 1.165) is 36.4 Å². The number of aromatic nitrogens is 1. The van der Waals surface area contributed by atoms with Crippen molar-refractivity contribution in [1.82, 2.24) is 4.98 Å². The van der Waals surface area contributed by atoms with E-state index in [1.807, 2.05) is 19.1 Å². The Labute approximate surface area is 146 Å². The van der Waals surface area contributed by atoms with Crippen LogP contribution in [0.5, 0.6) is 0 Å². The lowest BCUT2D eigenvalue weighted by molar-refractivity contribution is 0.0525. The number of anilines is 1. The van der Waals surface area contributed by atoms with Crippen molar-refractivity contribution < 1.29 is 19.1 Å². The summed E-state index contributed by atoms with van der Waals surface area (Å²) in [4.78, 5) is 18.7. The zero-order valence-corrected chi connectivity index (χ0v) is 14.4. The fraction of sp³-hybridized carbons (Fsp3) is 0.474. The van der Waals surface area contributed by atoms with Crippen LogP contribution in [0.3, 0.4) is 0 Å². The molecule has 0 aromatic carbocycles. The number of furan rings is 1. The summed E-state index contributed by atoms with van der Waals surface area (Å²) in [5, 5.41) is 10.6. The average molecular weight is 342 g/mol. The molecule has 0 bridgehead atoms. The first-order valence-electron chi connectivity index (χ1n) is 8.73. The summed E-state index contributed by atoms with van der Waals surface area (Å²) in [5.41, 5.74) is 1.74. The molecule has 132 valence electrons. The maximum Gasteiger partial charge on any atom is 0.341 e. The summed E-state index contributed by atoms with van der Waals surface area (Å²) in [6.07, 6.45) is 1.70. The maximum absolute atomic E-state index is 11.7. The molecule has 1 aliphatic heterocycles. The minimum Gasteiger partial charge on any atom is -0.465 e. The summed E-state index contributed by atoms with van der Waals surface area (Å²) < 4.78 is 10.3. The highest BCUT2D eigenvalue weighted by Crippen LogP contribution is 2.46. The van der Waals surface area contributed by atoms with Gasteiger partial charge in [0.15, 0.2) is 0 Å². The van der Waals surface area contributed by atoms with Crippen LogP contribution in [0.4, 0.5) is 5.82 Å². The molecule has 1 saturated heterocycles. The van der Waals surface area contributed by atoms with Gasteiger partial charge in [-0.3, -0.25) is 0 Å². The molecule has 2 aromatic rings. The third-order valence-corrected chi connectivity index (χ3v) is 5.11. The predicted molar refractivity (Wildman–Crippen MR) is 91.5 cm³/mol. The topological polar surface area (TPSA) is 75.8 Å². The van der Waals surface area contributed by atoms with Gasteiger partial charge < -0.3 is 19.2 Å². The van der Waals surface area contributed by atoms with Gasteiger partial charge in [-0.05, 0) is 44.2 Å². The second-order valence-electron chi connectivity index (χ2n) is 6.87. The van der Waals surface area contributed by atoms with E-state index >= 15 is 0 Å². The van der Waals surface area contributed by atoms with Crippen LogP contribution in [0, 0.1) is 18.8 Å². The fourth-order valence-electron chi connectivity index (χ4n) is 3.58. The molecule has 25 heavy (non-hydrogen) atoms. The number of aryl methyl sites for hydroxylation is 1. The second kappa shape index (κ2) is 6.19. The molecule has 4 rings (SSSR count). The highest BCUT2D eigenvalue weighted by molar-refractivity contribution is 5.89. The fourth-order valence-corrected chi connectivity index (χ4v) is 3.58. The zero-order chi connectivity index (χ0) is 17.6. The summed E-state index contributed by atoms with van der Waals surface area (Å²) in [6.45, 7) is 6.09. The van der Waals surface area contributed by atoms with E-state index in [2.05, 4.69) is 9.88 Å². The molecular weight excluding hydrogens is 320 g/mol. The van der Waals surface area contributed by atoms with Gasteiger partial charge in [0.25, 0.3) is 0 Å². The Balaban J connectivity index is 1.51. The molecule has 6 nitrogen and oxygen atoms in total. The van der Waals surface area contributed by atoms with Crippen molar-refractivity contribution in [3.63, 3.8) is 0 Å². The standard InChI is InChI=1S/C19H22N2O4/c1-3-24-19(23)14-7-16(25-10-14)18(22)15-4-5-17(20-11(15)2)21-8-12-6-13(12)9-21/h4-5,7,10,12-13,18,22H,3,6,8-9H2,1-2H3. The van der Waals surface area contributed by atoms with E-state index in [1.165, 1.54) is 18.8 Å². The molecule has 3 heterocycles. The van der Waals surface area contributed by atoms with Gasteiger partial charge in [0.05, 0.1) is 12.2 Å². The highest BCUT2D eigenvalue weighted by atomic mass is 16.5. The third kappa shape index (κ3) is 3.02. The highest BCUT2D eigenvalue weighted by Gasteiger charge is 2.45. The zero-order valence-electron chi connectivity index (χ0n) is 14.4. The van der Waals surface area contributed by atoms with Crippen molar-refractivity contribution >= 4 is 11.8 Å². The number of nitrogens with zero attached hydrogens (tertiary/aromatic N) is 2. The lowest BCUT2D eigenvalue weighted by Gasteiger charge is -2.21. The van der Waals surface area contributed by atoms with Crippen LogP contribution in [0.25, 0.3) is 0 Å². The number of fused-ring (bicyclic) bond motifs is 1. The van der Waals surface area contributed by atoms with Crippen LogP contribution >= 0.6 is 0 Å². The van der Waals surface area contributed by atoms with Crippen LogP contribution in [-0.2, 0) is 4.74 Å². The van der Waals surface area contributed by atoms with Gasteiger partial charge in [-0.1, -0.05) is 6.07 Å². The number of piperidine rings is 1. The summed E-state index contributed by atoms with van der Waals surface area (Å²) in [5.74, 6) is 2.51. The Hall–Kier alpha value is -2.34. The van der Waals surface area contributed by atoms with Gasteiger partial charge >= 0.3 is 5.97 Å². The smallest absolute Gasteiger partial charge is 0.341 e. The molecule has 3 unspecified atom stereocenters. The Morgan fingerprint density at radius 3 is 2.88 bits per heavy atom. The Morgan fingerprint density at radius 1 is 1.44 bits per heavy atom. The Bertz CT molecular complexity index is 790. The van der Waals surface area contributed by atoms with Crippen molar-refractivity contribution in [3.05, 3.63) is 47.0 Å². The molecule has 2 fully saturated rings. The second-order valence-corrected chi connectivity index (χ2v) is 6.87. The van der Waals surface area contributed by atoms with Crippen LogP contribution in [0.15, 0.2) is 28.9 Å². The van der Waals surface area contributed by atoms with Crippen LogP contribution in [0.2, 0.25) is 0 Å². The van der Waals surface area contributed by atoms with E-state index in [4.69, 9.17) is 9.15 Å². The Kier molecular flexibility index (Phi) is 4.00. The first kappa shape index (κ1) is 16.1. The number of carbonyl (C=O) groups excluding carboxylic acids is 1. The van der Waals surface area contributed by atoms with Gasteiger partial charge in [0, 0.05) is 24.3 Å². The normalized spacial score (nSPS) is 22.6. The predicted octanol–water partition coefficient (Wildman–Crippen LogP) is 2.70. The van der Waals surface area contributed by atoms with E-state index in [-0.39, 0.29) is 0 Å². The average Bonchev–Trinajstić information content (AvgIpc) is 3.02. The minimum absolute atomic E-state index is 0.296. The Morgan fingerprint density at radius 2 is 2.20 bits per heavy atom. The van der Waals surface area contributed by atoms with Crippen LogP contribution < -0.4 is 4.90 Å². The molecule has 3 atom stereocenters. The maximum atomic E-state index is 11.7. The van der Waals surface area contributed by atoms with Crippen molar-refractivity contribution in [2.45, 2.75) is 26.4 Å². The number of carbonyl (C=O) groups is 1. The summed E-state index contributed by atoms with van der Waals surface area (Å²) in [6, 6.07) is 5.36. The van der Waals surface area contributed by atoms with Gasteiger partial charge in [0.2, 0.25) is 0 Å². The number of aliphatic hydroxyl groups is 1. The summed E-state index contributed by atoms with van der Waals surface area (Å²) >= 11 is 0. The summed E-state index contributed by atoms with van der Waals surface area (Å²) in [7, 11) is 0. The molecule has 0 radical (unpaired) electrons. The van der Waals surface area contributed by atoms with Crippen molar-refractivity contribution in [2.75, 3.05) is 24.6 Å². The third-order valence-electron chi connectivity index (χ3n) is 5.11. The van der Waals surface area contributed by atoms with Crippen LogP contribution in [0.1, 0.15) is 46.8 Å². The molecule has 0 spiro atoms. The SMILES string of the molecule is CCOC(=O)c1coc(C(O)c2ccc(N3CC4CC4C3)nc2C)c1. The molecule has 6 heteroatoms. The van der Waals surface area contributed by atoms with E-state index in [0.29, 0.717) is 23.5 Å². The van der Waals surface area contributed by atoms with Gasteiger partial charge in [0.1, 0.15) is 23.9 Å². The lowest BCUT2D eigenvalue weighted by Crippen LogP contribution is -2.23. The number of ether oxygens (including phenoxy) is 1. The lowest BCUT2D eigenvalue weighted by atomic mass is 10.1. The van der Waals surface area contributed by atoms with E-state index < -0.39 is 12.1 Å². The number of hydrogen-bond acceptors (Lipinski definition) is 6. The molecule has 1 N–H and O–H groups in total. The van der Waals surface area contributed by atoms with E-state index in [1.54, 1.807) is 6.92 Å².